The van der Waals surface area contributed by atoms with E-state index < -0.39 is 0 Å². The van der Waals surface area contributed by atoms with Gasteiger partial charge in [0, 0.05) is 25.2 Å². The SMILES string of the molecule is O=C(NC(C=CC(=O)N1Cc2ccccc2C1)CCc1ccccc1)C1CCN1. The number of hydrogen-bond acceptors (Lipinski definition) is 3. The van der Waals surface area contributed by atoms with Gasteiger partial charge in [-0.05, 0) is 42.5 Å². The number of benzene rings is 2. The molecule has 2 atom stereocenters. The highest BCUT2D eigenvalue weighted by Crippen LogP contribution is 2.22. The smallest absolute Gasteiger partial charge is 0.246 e. The molecule has 2 amide bonds. The van der Waals surface area contributed by atoms with Crippen LogP contribution in [0.2, 0.25) is 0 Å². The van der Waals surface area contributed by atoms with E-state index >= 15 is 0 Å². The van der Waals surface area contributed by atoms with Gasteiger partial charge in [-0.1, -0.05) is 60.7 Å². The number of carbonyl (C=O) groups excluding carboxylic acids is 2. The lowest BCUT2D eigenvalue weighted by molar-refractivity contribution is -0.127. The zero-order valence-corrected chi connectivity index (χ0v) is 16.5. The predicted octanol–water partition coefficient (Wildman–Crippen LogP) is 2.56. The van der Waals surface area contributed by atoms with E-state index in [0.29, 0.717) is 13.1 Å². The van der Waals surface area contributed by atoms with Gasteiger partial charge in [-0.25, -0.2) is 0 Å². The molecule has 0 aromatic heterocycles. The van der Waals surface area contributed by atoms with Crippen molar-refractivity contribution in [2.45, 2.75) is 44.4 Å². The lowest BCUT2D eigenvalue weighted by Crippen LogP contribution is -2.54. The first-order valence-electron chi connectivity index (χ1n) is 10.3. The van der Waals surface area contributed by atoms with E-state index in [1.807, 2.05) is 41.3 Å². The van der Waals surface area contributed by atoms with Crippen molar-refractivity contribution in [3.05, 3.63) is 83.4 Å². The van der Waals surface area contributed by atoms with Crippen molar-refractivity contribution in [1.82, 2.24) is 15.5 Å². The molecule has 2 aromatic rings. The second kappa shape index (κ2) is 9.05. The van der Waals surface area contributed by atoms with E-state index in [0.717, 1.165) is 25.8 Å². The predicted molar refractivity (Wildman–Crippen MR) is 113 cm³/mol. The van der Waals surface area contributed by atoms with Crippen molar-refractivity contribution < 1.29 is 9.59 Å². The Morgan fingerprint density at radius 1 is 1.07 bits per heavy atom. The summed E-state index contributed by atoms with van der Waals surface area (Å²) in [5, 5.41) is 6.23. The molecule has 150 valence electrons. The maximum atomic E-state index is 12.7. The molecule has 29 heavy (non-hydrogen) atoms. The summed E-state index contributed by atoms with van der Waals surface area (Å²) < 4.78 is 0. The van der Waals surface area contributed by atoms with Gasteiger partial charge >= 0.3 is 0 Å². The monoisotopic (exact) mass is 389 g/mol. The minimum atomic E-state index is -0.168. The first-order chi connectivity index (χ1) is 14.2. The minimum Gasteiger partial charge on any atom is -0.349 e. The third kappa shape index (κ3) is 4.93. The quantitative estimate of drug-likeness (QED) is 0.716. The molecule has 0 spiro atoms. The number of carbonyl (C=O) groups is 2. The minimum absolute atomic E-state index is 0.0121. The van der Waals surface area contributed by atoms with Crippen LogP contribution in [0.25, 0.3) is 0 Å². The largest absolute Gasteiger partial charge is 0.349 e. The molecule has 2 N–H and O–H groups in total. The zero-order chi connectivity index (χ0) is 20.1. The molecule has 1 fully saturated rings. The van der Waals surface area contributed by atoms with Gasteiger partial charge in [0.2, 0.25) is 11.8 Å². The van der Waals surface area contributed by atoms with Crippen LogP contribution in [0.5, 0.6) is 0 Å². The van der Waals surface area contributed by atoms with Crippen LogP contribution in [0.4, 0.5) is 0 Å². The summed E-state index contributed by atoms with van der Waals surface area (Å²) in [6.45, 7) is 2.18. The third-order valence-electron chi connectivity index (χ3n) is 5.68. The van der Waals surface area contributed by atoms with Crippen molar-refractivity contribution in [2.75, 3.05) is 6.54 Å². The Morgan fingerprint density at radius 3 is 2.34 bits per heavy atom. The van der Waals surface area contributed by atoms with Crippen LogP contribution < -0.4 is 10.6 Å². The first-order valence-corrected chi connectivity index (χ1v) is 10.3. The lowest BCUT2D eigenvalue weighted by atomic mass is 10.0. The van der Waals surface area contributed by atoms with Gasteiger partial charge in [-0.2, -0.15) is 0 Å². The highest BCUT2D eigenvalue weighted by Gasteiger charge is 2.26. The van der Waals surface area contributed by atoms with Crippen LogP contribution in [0.1, 0.15) is 29.5 Å². The highest BCUT2D eigenvalue weighted by molar-refractivity contribution is 5.88. The van der Waals surface area contributed by atoms with Gasteiger partial charge in [-0.3, -0.25) is 9.59 Å². The molecule has 2 heterocycles. The molecule has 2 aromatic carbocycles. The molecule has 5 heteroatoms. The number of aryl methyl sites for hydroxylation is 1. The van der Waals surface area contributed by atoms with Crippen LogP contribution in [-0.4, -0.2) is 35.3 Å². The molecule has 0 saturated carbocycles. The van der Waals surface area contributed by atoms with Crippen LogP contribution in [0.3, 0.4) is 0 Å². The van der Waals surface area contributed by atoms with E-state index in [-0.39, 0.29) is 23.9 Å². The molecule has 4 rings (SSSR count). The van der Waals surface area contributed by atoms with Crippen molar-refractivity contribution >= 4 is 11.8 Å². The van der Waals surface area contributed by atoms with E-state index in [4.69, 9.17) is 0 Å². The molecule has 2 unspecified atom stereocenters. The first kappa shape index (κ1) is 19.4. The van der Waals surface area contributed by atoms with E-state index in [9.17, 15) is 9.59 Å². The molecule has 2 aliphatic heterocycles. The lowest BCUT2D eigenvalue weighted by Gasteiger charge is -2.28. The Bertz CT molecular complexity index is 865. The van der Waals surface area contributed by atoms with E-state index in [1.54, 1.807) is 6.08 Å². The average molecular weight is 389 g/mol. The standard InChI is InChI=1S/C24H27N3O2/c28-23(27-16-19-8-4-5-9-20(19)17-27)13-12-21(26-24(29)22-14-15-25-22)11-10-18-6-2-1-3-7-18/h1-9,12-13,21-22,25H,10-11,14-17H2,(H,26,29). The molecular formula is C24H27N3O2. The Balaban J connectivity index is 1.38. The molecule has 0 aliphatic carbocycles. The van der Waals surface area contributed by atoms with Crippen LogP contribution in [0, 0.1) is 0 Å². The Hall–Kier alpha value is -2.92. The van der Waals surface area contributed by atoms with Crippen molar-refractivity contribution in [3.8, 4) is 0 Å². The molecule has 2 aliphatic rings. The molecular weight excluding hydrogens is 362 g/mol. The van der Waals surface area contributed by atoms with Gasteiger partial charge in [0.1, 0.15) is 0 Å². The van der Waals surface area contributed by atoms with Crippen molar-refractivity contribution in [3.63, 3.8) is 0 Å². The maximum Gasteiger partial charge on any atom is 0.246 e. The molecule has 0 radical (unpaired) electrons. The summed E-state index contributed by atoms with van der Waals surface area (Å²) in [5.74, 6) is 0.00178. The summed E-state index contributed by atoms with van der Waals surface area (Å²) in [6, 6.07) is 18.1. The Kier molecular flexibility index (Phi) is 6.06. The summed E-state index contributed by atoms with van der Waals surface area (Å²) >= 11 is 0. The highest BCUT2D eigenvalue weighted by atomic mass is 16.2. The second-order valence-corrected chi connectivity index (χ2v) is 7.76. The number of nitrogens with zero attached hydrogens (tertiary/aromatic N) is 1. The van der Waals surface area contributed by atoms with Gasteiger partial charge in [0.25, 0.3) is 0 Å². The third-order valence-corrected chi connectivity index (χ3v) is 5.68. The topological polar surface area (TPSA) is 61.4 Å². The Labute approximate surface area is 171 Å². The number of hydrogen-bond donors (Lipinski definition) is 2. The molecule has 1 saturated heterocycles. The van der Waals surface area contributed by atoms with Crippen molar-refractivity contribution in [2.24, 2.45) is 0 Å². The van der Waals surface area contributed by atoms with Crippen LogP contribution >= 0.6 is 0 Å². The van der Waals surface area contributed by atoms with Crippen molar-refractivity contribution in [1.29, 1.82) is 0 Å². The van der Waals surface area contributed by atoms with Gasteiger partial charge < -0.3 is 15.5 Å². The fraction of sp³-hybridized carbons (Fsp3) is 0.333. The fourth-order valence-electron chi connectivity index (χ4n) is 3.77. The average Bonchev–Trinajstić information content (AvgIpc) is 3.13. The van der Waals surface area contributed by atoms with Gasteiger partial charge in [0.15, 0.2) is 0 Å². The zero-order valence-electron chi connectivity index (χ0n) is 16.5. The number of fused-ring (bicyclic) bond motifs is 1. The normalized spacial score (nSPS) is 18.9. The number of nitrogens with one attached hydrogen (secondary N) is 2. The van der Waals surface area contributed by atoms with Gasteiger partial charge in [-0.15, -0.1) is 0 Å². The van der Waals surface area contributed by atoms with Gasteiger partial charge in [0.05, 0.1) is 6.04 Å². The van der Waals surface area contributed by atoms with E-state index in [2.05, 4.69) is 34.9 Å². The fourth-order valence-corrected chi connectivity index (χ4v) is 3.77. The summed E-state index contributed by atoms with van der Waals surface area (Å²) in [4.78, 5) is 26.9. The summed E-state index contributed by atoms with van der Waals surface area (Å²) in [6.07, 6.45) is 5.94. The number of rotatable bonds is 7. The summed E-state index contributed by atoms with van der Waals surface area (Å²) in [7, 11) is 0. The maximum absolute atomic E-state index is 12.7. The van der Waals surface area contributed by atoms with Crippen LogP contribution in [0.15, 0.2) is 66.7 Å². The van der Waals surface area contributed by atoms with Crippen LogP contribution in [-0.2, 0) is 29.1 Å². The molecule has 0 bridgehead atoms. The number of amides is 2. The summed E-state index contributed by atoms with van der Waals surface area (Å²) in [5.41, 5.74) is 3.64. The van der Waals surface area contributed by atoms with E-state index in [1.165, 1.54) is 16.7 Å². The molecule has 5 nitrogen and oxygen atoms in total. The Morgan fingerprint density at radius 2 is 1.72 bits per heavy atom. The second-order valence-electron chi connectivity index (χ2n) is 7.76.